The first-order valence-electron chi connectivity index (χ1n) is 7.21. The first-order valence-corrected chi connectivity index (χ1v) is 7.21. The average Bonchev–Trinajstić information content (AvgIpc) is 2.40. The van der Waals surface area contributed by atoms with Crippen LogP contribution in [0.2, 0.25) is 0 Å². The normalized spacial score (nSPS) is 14.4. The lowest BCUT2D eigenvalue weighted by Crippen LogP contribution is -2.45. The van der Waals surface area contributed by atoms with Crippen molar-refractivity contribution in [2.24, 2.45) is 5.73 Å². The van der Waals surface area contributed by atoms with Crippen LogP contribution in [0.1, 0.15) is 38.7 Å². The predicted octanol–water partition coefficient (Wildman–Crippen LogP) is 3.03. The molecular weight excluding hydrogens is 236 g/mol. The van der Waals surface area contributed by atoms with Crippen molar-refractivity contribution in [2.45, 2.75) is 51.7 Å². The Hall–Kier alpha value is -1.06. The molecule has 0 heterocycles. The fourth-order valence-corrected chi connectivity index (χ4v) is 2.64. The van der Waals surface area contributed by atoms with E-state index < -0.39 is 0 Å². The molecule has 1 rings (SSSR count). The summed E-state index contributed by atoms with van der Waals surface area (Å²) in [5.74, 6) is 0.914. The highest BCUT2D eigenvalue weighted by atomic mass is 16.5. The smallest absolute Gasteiger partial charge is 0.119 e. The van der Waals surface area contributed by atoms with Crippen molar-refractivity contribution in [1.82, 2.24) is 4.90 Å². The van der Waals surface area contributed by atoms with Crippen LogP contribution >= 0.6 is 0 Å². The van der Waals surface area contributed by atoms with Gasteiger partial charge in [0.2, 0.25) is 0 Å². The van der Waals surface area contributed by atoms with Crippen molar-refractivity contribution < 1.29 is 4.74 Å². The topological polar surface area (TPSA) is 38.5 Å². The first kappa shape index (κ1) is 16.0. The van der Waals surface area contributed by atoms with Gasteiger partial charge in [0.1, 0.15) is 5.75 Å². The Kier molecular flexibility index (Phi) is 6.89. The SMILES string of the molecule is CCCC(N)C(CC)N(C)Cc1cccc(OC)c1. The third-order valence-corrected chi connectivity index (χ3v) is 3.67. The second-order valence-electron chi connectivity index (χ2n) is 5.19. The Morgan fingerprint density at radius 3 is 2.63 bits per heavy atom. The van der Waals surface area contributed by atoms with Crippen molar-refractivity contribution in [3.05, 3.63) is 29.8 Å². The molecule has 0 fully saturated rings. The summed E-state index contributed by atoms with van der Waals surface area (Å²) in [4.78, 5) is 2.36. The standard InChI is InChI=1S/C16H28N2O/c1-5-8-15(17)16(6-2)18(3)12-13-9-7-10-14(11-13)19-4/h7,9-11,15-16H,5-6,8,12,17H2,1-4H3. The summed E-state index contributed by atoms with van der Waals surface area (Å²) >= 11 is 0. The molecule has 3 nitrogen and oxygen atoms in total. The van der Waals surface area contributed by atoms with Gasteiger partial charge in [0.15, 0.2) is 0 Å². The van der Waals surface area contributed by atoms with Crippen molar-refractivity contribution >= 4 is 0 Å². The molecule has 0 amide bonds. The van der Waals surface area contributed by atoms with Crippen molar-refractivity contribution in [3.63, 3.8) is 0 Å². The maximum Gasteiger partial charge on any atom is 0.119 e. The van der Waals surface area contributed by atoms with E-state index in [0.29, 0.717) is 6.04 Å². The van der Waals surface area contributed by atoms with E-state index in [9.17, 15) is 0 Å². The molecule has 108 valence electrons. The Morgan fingerprint density at radius 2 is 2.05 bits per heavy atom. The molecular formula is C16H28N2O. The Balaban J connectivity index is 2.67. The molecule has 0 spiro atoms. The summed E-state index contributed by atoms with van der Waals surface area (Å²) in [5.41, 5.74) is 7.55. The highest BCUT2D eigenvalue weighted by molar-refractivity contribution is 5.28. The maximum atomic E-state index is 6.28. The third-order valence-electron chi connectivity index (χ3n) is 3.67. The highest BCUT2D eigenvalue weighted by Crippen LogP contribution is 2.17. The van der Waals surface area contributed by atoms with Gasteiger partial charge < -0.3 is 10.5 Å². The average molecular weight is 264 g/mol. The van der Waals surface area contributed by atoms with E-state index >= 15 is 0 Å². The second kappa shape index (κ2) is 8.18. The summed E-state index contributed by atoms with van der Waals surface area (Å²) < 4.78 is 5.27. The van der Waals surface area contributed by atoms with E-state index in [4.69, 9.17) is 10.5 Å². The van der Waals surface area contributed by atoms with Crippen LogP contribution in [0, 0.1) is 0 Å². The van der Waals surface area contributed by atoms with Gasteiger partial charge >= 0.3 is 0 Å². The van der Waals surface area contributed by atoms with Gasteiger partial charge in [-0.1, -0.05) is 32.4 Å². The fourth-order valence-electron chi connectivity index (χ4n) is 2.64. The Labute approximate surface area is 117 Å². The molecule has 3 heteroatoms. The summed E-state index contributed by atoms with van der Waals surface area (Å²) in [6, 6.07) is 8.93. The molecule has 0 bridgehead atoms. The number of hydrogen-bond donors (Lipinski definition) is 1. The van der Waals surface area contributed by atoms with E-state index in [1.165, 1.54) is 5.56 Å². The monoisotopic (exact) mass is 264 g/mol. The lowest BCUT2D eigenvalue weighted by Gasteiger charge is -2.32. The number of likely N-dealkylation sites (N-methyl/N-ethyl adjacent to an activating group) is 1. The summed E-state index contributed by atoms with van der Waals surface area (Å²) in [6.07, 6.45) is 3.31. The number of ether oxygens (including phenoxy) is 1. The molecule has 0 aromatic heterocycles. The quantitative estimate of drug-likeness (QED) is 0.784. The number of nitrogens with two attached hydrogens (primary N) is 1. The Morgan fingerprint density at radius 1 is 1.32 bits per heavy atom. The maximum absolute atomic E-state index is 6.28. The molecule has 0 aliphatic rings. The van der Waals surface area contributed by atoms with Gasteiger partial charge in [-0.05, 0) is 37.6 Å². The number of methoxy groups -OCH3 is 1. The Bertz CT molecular complexity index is 368. The first-order chi connectivity index (χ1) is 9.12. The van der Waals surface area contributed by atoms with Crippen LogP contribution in [0.3, 0.4) is 0 Å². The molecule has 1 aromatic carbocycles. The zero-order valence-corrected chi connectivity index (χ0v) is 12.7. The molecule has 0 saturated heterocycles. The van der Waals surface area contributed by atoms with Gasteiger partial charge in [0.05, 0.1) is 7.11 Å². The van der Waals surface area contributed by atoms with E-state index in [1.807, 2.05) is 12.1 Å². The zero-order chi connectivity index (χ0) is 14.3. The van der Waals surface area contributed by atoms with Crippen molar-refractivity contribution in [3.8, 4) is 5.75 Å². The molecule has 2 unspecified atom stereocenters. The molecule has 0 saturated carbocycles. The van der Waals surface area contributed by atoms with Crippen LogP contribution in [0.25, 0.3) is 0 Å². The van der Waals surface area contributed by atoms with Crippen LogP contribution in [-0.2, 0) is 6.54 Å². The molecule has 1 aromatic rings. The number of benzene rings is 1. The van der Waals surface area contributed by atoms with Crippen LogP contribution in [0.5, 0.6) is 5.75 Å². The largest absolute Gasteiger partial charge is 0.497 e. The second-order valence-corrected chi connectivity index (χ2v) is 5.19. The number of rotatable bonds is 8. The van der Waals surface area contributed by atoms with Crippen LogP contribution in [0.4, 0.5) is 0 Å². The van der Waals surface area contributed by atoms with Gasteiger partial charge in [-0.3, -0.25) is 4.90 Å². The number of hydrogen-bond acceptors (Lipinski definition) is 3. The van der Waals surface area contributed by atoms with Gasteiger partial charge in [0.25, 0.3) is 0 Å². The van der Waals surface area contributed by atoms with Gasteiger partial charge in [0, 0.05) is 18.6 Å². The molecule has 0 aliphatic carbocycles. The highest BCUT2D eigenvalue weighted by Gasteiger charge is 2.19. The molecule has 2 atom stereocenters. The van der Waals surface area contributed by atoms with Gasteiger partial charge in [-0.15, -0.1) is 0 Å². The summed E-state index contributed by atoms with van der Waals surface area (Å²) in [6.45, 7) is 5.31. The van der Waals surface area contributed by atoms with Crippen LogP contribution in [0.15, 0.2) is 24.3 Å². The van der Waals surface area contributed by atoms with E-state index in [1.54, 1.807) is 7.11 Å². The summed E-state index contributed by atoms with van der Waals surface area (Å²) in [7, 11) is 3.86. The number of nitrogens with zero attached hydrogens (tertiary/aromatic N) is 1. The summed E-state index contributed by atoms with van der Waals surface area (Å²) in [5, 5.41) is 0. The fraction of sp³-hybridized carbons (Fsp3) is 0.625. The van der Waals surface area contributed by atoms with E-state index in [-0.39, 0.29) is 6.04 Å². The lowest BCUT2D eigenvalue weighted by atomic mass is 10.00. The van der Waals surface area contributed by atoms with Crippen molar-refractivity contribution in [2.75, 3.05) is 14.2 Å². The van der Waals surface area contributed by atoms with Crippen LogP contribution < -0.4 is 10.5 Å². The van der Waals surface area contributed by atoms with Gasteiger partial charge in [-0.2, -0.15) is 0 Å². The molecule has 19 heavy (non-hydrogen) atoms. The third kappa shape index (κ3) is 4.84. The minimum absolute atomic E-state index is 0.255. The molecule has 0 radical (unpaired) electrons. The molecule has 0 aliphatic heterocycles. The van der Waals surface area contributed by atoms with Crippen molar-refractivity contribution in [1.29, 1.82) is 0 Å². The minimum Gasteiger partial charge on any atom is -0.497 e. The predicted molar refractivity (Wildman–Crippen MR) is 81.4 cm³/mol. The van der Waals surface area contributed by atoms with E-state index in [2.05, 4.69) is 37.9 Å². The minimum atomic E-state index is 0.255. The van der Waals surface area contributed by atoms with E-state index in [0.717, 1.165) is 31.6 Å². The zero-order valence-electron chi connectivity index (χ0n) is 12.7. The van der Waals surface area contributed by atoms with Crippen LogP contribution in [-0.4, -0.2) is 31.1 Å². The molecule has 2 N–H and O–H groups in total. The van der Waals surface area contributed by atoms with Gasteiger partial charge in [-0.25, -0.2) is 0 Å². The lowest BCUT2D eigenvalue weighted by molar-refractivity contribution is 0.191.